The van der Waals surface area contributed by atoms with E-state index in [0.717, 1.165) is 44.3 Å². The number of fused-ring (bicyclic) bond motifs is 2. The summed E-state index contributed by atoms with van der Waals surface area (Å²) < 4.78 is 11.6. The van der Waals surface area contributed by atoms with Gasteiger partial charge in [-0.1, -0.05) is 13.8 Å². The summed E-state index contributed by atoms with van der Waals surface area (Å²) in [6.07, 6.45) is 1.94. The number of nitrogens with two attached hydrogens (primary N) is 1. The molecule has 0 radical (unpaired) electrons. The van der Waals surface area contributed by atoms with Gasteiger partial charge in [0, 0.05) is 35.7 Å². The van der Waals surface area contributed by atoms with E-state index in [1.165, 1.54) is 22.7 Å². The Balaban J connectivity index is 0.000000343. The third-order valence-corrected chi connectivity index (χ3v) is 8.04. The molecular weight excluding hydrogens is 872 g/mol. The first-order valence-corrected chi connectivity index (χ1v) is 21.1. The molecule has 2 aromatic heterocycles. The van der Waals surface area contributed by atoms with Gasteiger partial charge in [-0.3, -0.25) is 0 Å². The van der Waals surface area contributed by atoms with E-state index < -0.39 is 11.2 Å². The van der Waals surface area contributed by atoms with E-state index in [4.69, 9.17) is 15.2 Å². The number of halogens is 3. The molecule has 2 aliphatic heterocycles. The molecule has 0 unspecified atom stereocenters. The molecule has 18 heteroatoms. The van der Waals surface area contributed by atoms with E-state index >= 15 is 0 Å². The molecule has 4 heterocycles. The molecule has 12 nitrogen and oxygen atoms in total. The number of hydrogen-bond acceptors (Lipinski definition) is 12. The molecule has 0 aliphatic carbocycles. The molecule has 45 heavy (non-hydrogen) atoms. The first kappa shape index (κ1) is 42.0. The van der Waals surface area contributed by atoms with Crippen LogP contribution in [0.3, 0.4) is 0 Å². The van der Waals surface area contributed by atoms with Crippen LogP contribution < -0.4 is 5.73 Å². The first-order valence-electron chi connectivity index (χ1n) is 14.0. The minimum atomic E-state index is -0.454. The Labute approximate surface area is 302 Å². The van der Waals surface area contributed by atoms with Crippen molar-refractivity contribution in [2.24, 2.45) is 11.3 Å². The molecule has 0 aromatic carbocycles. The van der Waals surface area contributed by atoms with E-state index in [1.54, 1.807) is 21.1 Å². The number of anilines is 1. The summed E-state index contributed by atoms with van der Waals surface area (Å²) >= 11 is 13.8. The van der Waals surface area contributed by atoms with Crippen LogP contribution >= 0.6 is 66.8 Å². The van der Waals surface area contributed by atoms with Gasteiger partial charge in [0.15, 0.2) is 14.4 Å². The molecule has 2 aliphatic rings. The fourth-order valence-electron chi connectivity index (χ4n) is 3.67. The van der Waals surface area contributed by atoms with Crippen molar-refractivity contribution < 1.29 is 35.2 Å². The normalized spacial score (nSPS) is 14.0. The summed E-state index contributed by atoms with van der Waals surface area (Å²) in [4.78, 5) is 51.6. The van der Waals surface area contributed by atoms with Crippen molar-refractivity contribution in [2.75, 3.05) is 25.4 Å². The number of aromatic nitrogens is 2. The Morgan fingerprint density at radius 1 is 0.933 bits per heavy atom. The molecule has 0 bridgehead atoms. The average molecular weight is 915 g/mol. The summed E-state index contributed by atoms with van der Waals surface area (Å²) in [5.41, 5.74) is 6.88. The van der Waals surface area contributed by atoms with Crippen LogP contribution in [0.5, 0.6) is 0 Å². The molecule has 4 rings (SSSR count). The molecular formula is C27H43Br3CuN6O6S2. The molecule has 2 aromatic rings. The predicted molar refractivity (Wildman–Crippen MR) is 186 cm³/mol. The SMILES string of the molecule is CC(C)(C)OC(=O)N1CCc2nc(Br)sc2C1.CC(C)(C)OC(=O)N1CCc2nc(N)sc2C1.CC(C)CCON=O.[Br][Cu][Br]. The van der Waals surface area contributed by atoms with Gasteiger partial charge in [0.25, 0.3) is 0 Å². The van der Waals surface area contributed by atoms with Crippen LogP contribution in [-0.4, -0.2) is 62.9 Å². The molecule has 0 atom stereocenters. The van der Waals surface area contributed by atoms with Crippen molar-refractivity contribution >= 4 is 84.1 Å². The van der Waals surface area contributed by atoms with E-state index in [1.807, 2.05) is 41.5 Å². The van der Waals surface area contributed by atoms with Crippen LogP contribution in [0.4, 0.5) is 14.7 Å². The van der Waals surface area contributed by atoms with Crippen LogP contribution in [0.1, 0.15) is 83.0 Å². The zero-order chi connectivity index (χ0) is 34.4. The number of ether oxygens (including phenoxy) is 2. The zero-order valence-electron chi connectivity index (χ0n) is 26.7. The topological polar surface area (TPSA) is 150 Å². The van der Waals surface area contributed by atoms with E-state index in [-0.39, 0.29) is 12.2 Å². The number of nitrogens with zero attached hydrogens (tertiary/aromatic N) is 5. The van der Waals surface area contributed by atoms with Crippen LogP contribution in [0, 0.1) is 10.8 Å². The second-order valence-corrected chi connectivity index (χ2v) is 20.4. The molecule has 0 saturated carbocycles. The first-order chi connectivity index (χ1) is 20.9. The van der Waals surface area contributed by atoms with Gasteiger partial charge in [0.1, 0.15) is 17.8 Å². The number of amides is 2. The summed E-state index contributed by atoms with van der Waals surface area (Å²) in [6.45, 7) is 18.3. The Morgan fingerprint density at radius 2 is 1.38 bits per heavy atom. The third kappa shape index (κ3) is 17.6. The maximum atomic E-state index is 11.9. The molecule has 0 spiro atoms. The van der Waals surface area contributed by atoms with Gasteiger partial charge in [-0.25, -0.2) is 19.6 Å². The number of carbonyl (C=O) groups is 2. The number of rotatable bonds is 4. The number of nitrogen functional groups attached to an aromatic ring is 1. The standard InChI is InChI=1S/C11H15BrN2O2S.C11H17N3O2S.C5H11NO2.2BrH.Cu/c2*1-11(2,3)16-10(15)14-5-4-7-8(6-14)17-9(12)13-7;1-5(2)3-4-8-6-7;;;/h4-6H2,1-3H3;4-6H2,1-3H3,(H2,12,13);5H,3-4H2,1-2H3;2*1H;/q;;;;;+2/p-2. The average Bonchev–Trinajstić information content (AvgIpc) is 3.47. The van der Waals surface area contributed by atoms with Crippen molar-refractivity contribution in [3.05, 3.63) is 30.0 Å². The van der Waals surface area contributed by atoms with Crippen molar-refractivity contribution in [3.63, 3.8) is 0 Å². The number of carbonyl (C=O) groups excluding carboxylic acids is 2. The van der Waals surface area contributed by atoms with Crippen LogP contribution in [-0.2, 0) is 51.6 Å². The van der Waals surface area contributed by atoms with Gasteiger partial charge in [0.05, 0.1) is 24.5 Å². The number of hydrogen-bond donors (Lipinski definition) is 1. The van der Waals surface area contributed by atoms with E-state index in [9.17, 15) is 14.5 Å². The fourth-order valence-corrected chi connectivity index (χ4v) is 6.21. The maximum absolute atomic E-state index is 11.9. The summed E-state index contributed by atoms with van der Waals surface area (Å²) in [5.74, 6) is 0.580. The van der Waals surface area contributed by atoms with Gasteiger partial charge in [0.2, 0.25) is 0 Å². The van der Waals surface area contributed by atoms with Gasteiger partial charge >= 0.3 is 51.7 Å². The quantitative estimate of drug-likeness (QED) is 0.138. The summed E-state index contributed by atoms with van der Waals surface area (Å²) in [7, 11) is 0. The van der Waals surface area contributed by atoms with E-state index in [2.05, 4.69) is 78.1 Å². The second kappa shape index (κ2) is 20.4. The van der Waals surface area contributed by atoms with Gasteiger partial charge in [-0.15, -0.1) is 27.6 Å². The van der Waals surface area contributed by atoms with Crippen molar-refractivity contribution in [1.82, 2.24) is 19.8 Å². The van der Waals surface area contributed by atoms with Gasteiger partial charge < -0.3 is 29.8 Å². The summed E-state index contributed by atoms with van der Waals surface area (Å²) in [6, 6.07) is 0. The Bertz CT molecular complexity index is 1140. The summed E-state index contributed by atoms with van der Waals surface area (Å²) in [5, 5.41) is 2.83. The van der Waals surface area contributed by atoms with Gasteiger partial charge in [-0.05, 0) is 69.8 Å². The second-order valence-electron chi connectivity index (χ2n) is 12.2. The predicted octanol–water partition coefficient (Wildman–Crippen LogP) is 8.64. The van der Waals surface area contributed by atoms with Crippen LogP contribution in [0.25, 0.3) is 0 Å². The molecule has 0 fully saturated rings. The molecule has 261 valence electrons. The Morgan fingerprint density at radius 3 is 1.80 bits per heavy atom. The van der Waals surface area contributed by atoms with Crippen molar-refractivity contribution in [1.29, 1.82) is 0 Å². The van der Waals surface area contributed by atoms with Gasteiger partial charge in [-0.2, -0.15) is 0 Å². The molecule has 2 amide bonds. The monoisotopic (exact) mass is 911 g/mol. The Hall–Kier alpha value is -1.04. The fraction of sp³-hybridized carbons (Fsp3) is 0.704. The minimum absolute atomic E-state index is 0.243. The Kier molecular flexibility index (Phi) is 19.0. The molecule has 0 saturated heterocycles. The van der Waals surface area contributed by atoms with E-state index in [0.29, 0.717) is 43.8 Å². The molecule has 2 N–H and O–H groups in total. The number of thiazole rings is 2. The zero-order valence-corrected chi connectivity index (χ0v) is 34.1. The van der Waals surface area contributed by atoms with Crippen LogP contribution in [0.2, 0.25) is 0 Å². The van der Waals surface area contributed by atoms with Crippen LogP contribution in [0.15, 0.2) is 9.26 Å². The third-order valence-electron chi connectivity index (χ3n) is 5.60. The van der Waals surface area contributed by atoms with Crippen molar-refractivity contribution in [3.8, 4) is 0 Å². The van der Waals surface area contributed by atoms with Crippen molar-refractivity contribution in [2.45, 2.75) is 98.9 Å².